The largest absolute Gasteiger partial charge is 0.480 e. The fourth-order valence-electron chi connectivity index (χ4n) is 4.38. The molecule has 0 saturated carbocycles. The number of nitrogens with one attached hydrogen (secondary N) is 2. The van der Waals surface area contributed by atoms with Gasteiger partial charge < -0.3 is 20.7 Å². The van der Waals surface area contributed by atoms with Gasteiger partial charge in [0.25, 0.3) is 0 Å². The van der Waals surface area contributed by atoms with Crippen LogP contribution in [0.5, 0.6) is 0 Å². The van der Waals surface area contributed by atoms with Gasteiger partial charge in [0.1, 0.15) is 29.6 Å². The quantitative estimate of drug-likeness (QED) is 0.166. The summed E-state index contributed by atoms with van der Waals surface area (Å²) in [5, 5.41) is 24.9. The van der Waals surface area contributed by atoms with Gasteiger partial charge in [0.15, 0.2) is 0 Å². The van der Waals surface area contributed by atoms with Crippen molar-refractivity contribution in [2.45, 2.75) is 51.3 Å². The van der Waals surface area contributed by atoms with Crippen molar-refractivity contribution >= 4 is 46.2 Å². The molecular weight excluding hydrogens is 588 g/mol. The van der Waals surface area contributed by atoms with Gasteiger partial charge in [-0.15, -0.1) is 0 Å². The minimum atomic E-state index is -1.76. The number of nitrogens with zero attached hydrogens (tertiary/aromatic N) is 2. The Hall–Kier alpha value is -3.91. The van der Waals surface area contributed by atoms with E-state index >= 15 is 0 Å². The number of ether oxygens (including phenoxy) is 1. The molecule has 0 fully saturated rings. The van der Waals surface area contributed by atoms with Gasteiger partial charge in [-0.3, -0.25) is 19.9 Å². The van der Waals surface area contributed by atoms with E-state index in [4.69, 9.17) is 22.1 Å². The molecule has 0 saturated heterocycles. The lowest BCUT2D eigenvalue weighted by molar-refractivity contribution is -0.147. The first kappa shape index (κ1) is 33.6. The van der Waals surface area contributed by atoms with Gasteiger partial charge in [-0.2, -0.15) is 0 Å². The van der Waals surface area contributed by atoms with Crippen molar-refractivity contribution in [3.05, 3.63) is 70.9 Å². The van der Waals surface area contributed by atoms with E-state index in [2.05, 4.69) is 15.7 Å². The molecule has 1 heterocycles. The van der Waals surface area contributed by atoms with E-state index < -0.39 is 47.2 Å². The van der Waals surface area contributed by atoms with Crippen molar-refractivity contribution in [3.8, 4) is 0 Å². The zero-order chi connectivity index (χ0) is 31.7. The first-order valence-corrected chi connectivity index (χ1v) is 13.8. The monoisotopic (exact) mass is 621 g/mol. The van der Waals surface area contributed by atoms with Gasteiger partial charge in [-0.1, -0.05) is 30.7 Å². The SMILES string of the molecule is CC(=O)N(CC(C)[C@@](N)(CCC[C@H](O)COC(=O)Nc1cc2cc(F)ccc2cn1)C(=O)O)NCc1cccc(F)c1Cl. The number of aromatic nitrogens is 1. The van der Waals surface area contributed by atoms with Crippen LogP contribution in [-0.4, -0.2) is 63.0 Å². The number of benzene rings is 2. The van der Waals surface area contributed by atoms with E-state index in [0.29, 0.717) is 16.3 Å². The van der Waals surface area contributed by atoms with Crippen molar-refractivity contribution < 1.29 is 38.1 Å². The first-order valence-electron chi connectivity index (χ1n) is 13.4. The van der Waals surface area contributed by atoms with Gasteiger partial charge in [0, 0.05) is 37.5 Å². The molecule has 14 heteroatoms. The molecule has 0 bridgehead atoms. The molecule has 2 aromatic carbocycles. The van der Waals surface area contributed by atoms with Gasteiger partial charge in [0.05, 0.1) is 11.1 Å². The Morgan fingerprint density at radius 2 is 1.93 bits per heavy atom. The van der Waals surface area contributed by atoms with E-state index in [0.717, 1.165) is 0 Å². The second-order valence-corrected chi connectivity index (χ2v) is 10.6. The lowest BCUT2D eigenvalue weighted by Gasteiger charge is -2.35. The maximum Gasteiger partial charge on any atom is 0.412 e. The molecule has 232 valence electrons. The number of rotatable bonds is 14. The molecule has 1 unspecified atom stereocenters. The van der Waals surface area contributed by atoms with Gasteiger partial charge in [-0.25, -0.2) is 24.0 Å². The summed E-state index contributed by atoms with van der Waals surface area (Å²) in [5.41, 5.74) is 7.78. The Morgan fingerprint density at radius 3 is 2.63 bits per heavy atom. The summed E-state index contributed by atoms with van der Waals surface area (Å²) < 4.78 is 32.3. The van der Waals surface area contributed by atoms with E-state index in [1.807, 2.05) is 0 Å². The number of amides is 2. The van der Waals surface area contributed by atoms with E-state index in [-0.39, 0.29) is 49.8 Å². The number of carboxylic acids is 1. The number of pyridine rings is 1. The third-order valence-electron chi connectivity index (χ3n) is 7.05. The summed E-state index contributed by atoms with van der Waals surface area (Å²) in [4.78, 5) is 40.6. The normalized spacial score (nSPS) is 14.0. The number of fused-ring (bicyclic) bond motifs is 1. The summed E-state index contributed by atoms with van der Waals surface area (Å²) in [6, 6.07) is 9.90. The third kappa shape index (κ3) is 9.29. The molecule has 0 aliphatic carbocycles. The molecule has 3 rings (SSSR count). The average molecular weight is 622 g/mol. The van der Waals surface area contributed by atoms with E-state index in [1.165, 1.54) is 48.5 Å². The Labute approximate surface area is 251 Å². The van der Waals surface area contributed by atoms with Gasteiger partial charge in [-0.05, 0) is 60.5 Å². The number of carboxylic acid groups (broad SMARTS) is 1. The highest BCUT2D eigenvalue weighted by Gasteiger charge is 2.40. The molecule has 3 aromatic rings. The number of carbonyl (C=O) groups excluding carboxylic acids is 2. The predicted molar refractivity (Wildman–Crippen MR) is 156 cm³/mol. The summed E-state index contributed by atoms with van der Waals surface area (Å²) in [6.07, 6.45) is -0.329. The Bertz CT molecular complexity index is 1460. The third-order valence-corrected chi connectivity index (χ3v) is 7.48. The Kier molecular flexibility index (Phi) is 11.7. The zero-order valence-corrected chi connectivity index (χ0v) is 24.4. The number of carbonyl (C=O) groups is 3. The molecule has 0 spiro atoms. The van der Waals surface area contributed by atoms with Crippen LogP contribution in [0.15, 0.2) is 48.7 Å². The van der Waals surface area contributed by atoms with Gasteiger partial charge in [0.2, 0.25) is 5.91 Å². The molecule has 43 heavy (non-hydrogen) atoms. The van der Waals surface area contributed by atoms with Crippen LogP contribution in [0.3, 0.4) is 0 Å². The fourth-order valence-corrected chi connectivity index (χ4v) is 4.57. The lowest BCUT2D eigenvalue weighted by Crippen LogP contribution is -2.58. The summed E-state index contributed by atoms with van der Waals surface area (Å²) in [5.74, 6) is -3.36. The maximum atomic E-state index is 13.7. The minimum absolute atomic E-state index is 0.0167. The number of aliphatic hydroxyl groups excluding tert-OH is 1. The molecule has 2 amide bonds. The van der Waals surface area contributed by atoms with E-state index in [1.54, 1.807) is 19.1 Å². The number of aliphatic carboxylic acids is 1. The average Bonchev–Trinajstić information content (AvgIpc) is 2.95. The molecular formula is C29H34ClF2N5O6. The number of aliphatic hydroxyl groups is 1. The van der Waals surface area contributed by atoms with Crippen LogP contribution in [0.1, 0.15) is 38.7 Å². The number of nitrogens with two attached hydrogens (primary N) is 1. The smallest absolute Gasteiger partial charge is 0.412 e. The number of hydrazine groups is 1. The highest BCUT2D eigenvalue weighted by molar-refractivity contribution is 6.31. The lowest BCUT2D eigenvalue weighted by atomic mass is 9.81. The maximum absolute atomic E-state index is 13.7. The van der Waals surface area contributed by atoms with Crippen LogP contribution in [-0.2, 0) is 20.9 Å². The molecule has 1 aromatic heterocycles. The van der Waals surface area contributed by atoms with Gasteiger partial charge >= 0.3 is 12.1 Å². The summed E-state index contributed by atoms with van der Waals surface area (Å²) in [6.45, 7) is 2.43. The predicted octanol–water partition coefficient (Wildman–Crippen LogP) is 4.22. The topological polar surface area (TPSA) is 167 Å². The summed E-state index contributed by atoms with van der Waals surface area (Å²) >= 11 is 5.98. The van der Waals surface area contributed by atoms with Crippen molar-refractivity contribution in [3.63, 3.8) is 0 Å². The standard InChI is InChI=1S/C29H34ClF2N5O6/c1-17(15-37(18(2)38)35-14-20-5-3-7-24(32)26(20)30)29(33,27(40)41)10-4-6-23(39)16-43-28(42)36-25-12-21-11-22(31)9-8-19(21)13-34-25/h3,5,7-9,11-13,17,23,35,39H,4,6,10,14-16,33H2,1-2H3,(H,40,41)(H,34,36,42)/t17?,23-,29-/m0/s1. The Balaban J connectivity index is 1.48. The number of anilines is 1. The highest BCUT2D eigenvalue weighted by Crippen LogP contribution is 2.25. The van der Waals surface area contributed by atoms with Crippen molar-refractivity contribution in [2.24, 2.45) is 11.7 Å². The fraction of sp³-hybridized carbons (Fsp3) is 0.379. The second kappa shape index (κ2) is 15.0. The van der Waals surface area contributed by atoms with Crippen LogP contribution in [0.2, 0.25) is 5.02 Å². The van der Waals surface area contributed by atoms with Crippen molar-refractivity contribution in [1.82, 2.24) is 15.4 Å². The van der Waals surface area contributed by atoms with Crippen LogP contribution in [0, 0.1) is 17.6 Å². The first-order chi connectivity index (χ1) is 20.3. The van der Waals surface area contributed by atoms with Crippen molar-refractivity contribution in [1.29, 1.82) is 0 Å². The second-order valence-electron chi connectivity index (χ2n) is 10.3. The molecule has 0 radical (unpaired) electrons. The van der Waals surface area contributed by atoms with Crippen molar-refractivity contribution in [2.75, 3.05) is 18.5 Å². The molecule has 6 N–H and O–H groups in total. The zero-order valence-electron chi connectivity index (χ0n) is 23.6. The summed E-state index contributed by atoms with van der Waals surface area (Å²) in [7, 11) is 0. The number of hydrogen-bond donors (Lipinski definition) is 5. The van der Waals surface area contributed by atoms with Crippen LogP contribution in [0.25, 0.3) is 10.8 Å². The Morgan fingerprint density at radius 1 is 1.19 bits per heavy atom. The van der Waals surface area contributed by atoms with Crippen LogP contribution < -0.4 is 16.5 Å². The molecule has 0 aliphatic heterocycles. The number of hydrogen-bond acceptors (Lipinski definition) is 8. The highest BCUT2D eigenvalue weighted by atomic mass is 35.5. The minimum Gasteiger partial charge on any atom is -0.480 e. The molecule has 3 atom stereocenters. The number of halogens is 3. The molecule has 11 nitrogen and oxygen atoms in total. The molecule has 0 aliphatic rings. The van der Waals surface area contributed by atoms with E-state index in [9.17, 15) is 33.4 Å². The van der Waals surface area contributed by atoms with Crippen LogP contribution >= 0.6 is 11.6 Å². The van der Waals surface area contributed by atoms with Crippen LogP contribution in [0.4, 0.5) is 19.4 Å².